The van der Waals surface area contributed by atoms with Crippen LogP contribution in [0.1, 0.15) is 12.0 Å². The first-order chi connectivity index (χ1) is 12.0. The molecule has 0 aliphatic carbocycles. The molecule has 0 atom stereocenters. The van der Waals surface area contributed by atoms with Crippen molar-refractivity contribution < 1.29 is 9.59 Å². The number of amides is 2. The zero-order valence-corrected chi connectivity index (χ0v) is 15.4. The summed E-state index contributed by atoms with van der Waals surface area (Å²) in [7, 11) is 3.56. The Balaban J connectivity index is 1.56. The van der Waals surface area contributed by atoms with Crippen molar-refractivity contribution in [3.05, 3.63) is 35.9 Å². The topological polar surface area (TPSA) is 55.9 Å². The minimum atomic E-state index is 0.0888. The van der Waals surface area contributed by atoms with Crippen LogP contribution in [0.5, 0.6) is 0 Å². The lowest BCUT2D eigenvalue weighted by atomic mass is 10.1. The van der Waals surface area contributed by atoms with Crippen molar-refractivity contribution in [2.75, 3.05) is 59.9 Å². The van der Waals surface area contributed by atoms with E-state index in [2.05, 4.69) is 27.2 Å². The van der Waals surface area contributed by atoms with Gasteiger partial charge in [-0.2, -0.15) is 0 Å². The molecule has 1 aliphatic rings. The highest BCUT2D eigenvalue weighted by atomic mass is 16.2. The Labute approximate surface area is 150 Å². The highest BCUT2D eigenvalue weighted by Crippen LogP contribution is 2.03. The van der Waals surface area contributed by atoms with Crippen molar-refractivity contribution in [1.82, 2.24) is 20.0 Å². The van der Waals surface area contributed by atoms with Crippen LogP contribution in [-0.4, -0.2) is 86.4 Å². The van der Waals surface area contributed by atoms with Crippen LogP contribution >= 0.6 is 0 Å². The summed E-state index contributed by atoms with van der Waals surface area (Å²) in [4.78, 5) is 29.7. The summed E-state index contributed by atoms with van der Waals surface area (Å²) < 4.78 is 0. The average molecular weight is 346 g/mol. The van der Waals surface area contributed by atoms with E-state index in [4.69, 9.17) is 0 Å². The van der Waals surface area contributed by atoms with Crippen molar-refractivity contribution in [2.24, 2.45) is 0 Å². The fourth-order valence-corrected chi connectivity index (χ4v) is 2.86. The maximum Gasteiger partial charge on any atom is 0.236 e. The van der Waals surface area contributed by atoms with Gasteiger partial charge in [-0.1, -0.05) is 30.3 Å². The monoisotopic (exact) mass is 346 g/mol. The van der Waals surface area contributed by atoms with Gasteiger partial charge >= 0.3 is 0 Å². The van der Waals surface area contributed by atoms with E-state index in [-0.39, 0.29) is 11.8 Å². The number of aryl methyl sites for hydroxylation is 1. The molecule has 2 rings (SSSR count). The molecule has 25 heavy (non-hydrogen) atoms. The minimum absolute atomic E-state index is 0.0888. The van der Waals surface area contributed by atoms with Crippen molar-refractivity contribution in [3.63, 3.8) is 0 Å². The van der Waals surface area contributed by atoms with E-state index in [0.717, 1.165) is 39.0 Å². The first-order valence-corrected chi connectivity index (χ1v) is 9.00. The molecule has 0 bridgehead atoms. The summed E-state index contributed by atoms with van der Waals surface area (Å²) in [6, 6.07) is 10.3. The third-order valence-electron chi connectivity index (χ3n) is 4.50. The summed E-state index contributed by atoms with van der Waals surface area (Å²) in [5, 5.41) is 3.00. The molecule has 2 amide bonds. The molecule has 0 spiro atoms. The summed E-state index contributed by atoms with van der Waals surface area (Å²) in [6.45, 7) is 4.95. The van der Waals surface area contributed by atoms with Crippen LogP contribution < -0.4 is 5.32 Å². The van der Waals surface area contributed by atoms with Gasteiger partial charge < -0.3 is 10.2 Å². The predicted octanol–water partition coefficient (Wildman–Crippen LogP) is 0.441. The van der Waals surface area contributed by atoms with Crippen molar-refractivity contribution in [1.29, 1.82) is 0 Å². The van der Waals surface area contributed by atoms with Crippen molar-refractivity contribution in [2.45, 2.75) is 12.8 Å². The number of carbonyl (C=O) groups is 2. The standard InChI is InChI=1S/C19H30N4O2/c1-21(2)19(25)16-23-13-11-22(12-14-23)15-18(24)20-10-6-9-17-7-4-3-5-8-17/h3-5,7-8H,6,9-16H2,1-2H3,(H,20,24). The highest BCUT2D eigenvalue weighted by molar-refractivity contribution is 5.78. The van der Waals surface area contributed by atoms with E-state index in [9.17, 15) is 9.59 Å². The van der Waals surface area contributed by atoms with Gasteiger partial charge in [-0.3, -0.25) is 19.4 Å². The minimum Gasteiger partial charge on any atom is -0.355 e. The Morgan fingerprint density at radius 1 is 1.00 bits per heavy atom. The zero-order chi connectivity index (χ0) is 18.1. The fraction of sp³-hybridized carbons (Fsp3) is 0.579. The second-order valence-corrected chi connectivity index (χ2v) is 6.78. The molecule has 1 saturated heterocycles. The number of nitrogens with zero attached hydrogens (tertiary/aromatic N) is 3. The number of hydrogen-bond donors (Lipinski definition) is 1. The molecular weight excluding hydrogens is 316 g/mol. The second kappa shape index (κ2) is 10.2. The first-order valence-electron chi connectivity index (χ1n) is 9.00. The average Bonchev–Trinajstić information content (AvgIpc) is 2.61. The van der Waals surface area contributed by atoms with Crippen molar-refractivity contribution in [3.8, 4) is 0 Å². The van der Waals surface area contributed by atoms with Crippen LogP contribution in [0.25, 0.3) is 0 Å². The molecule has 6 heteroatoms. The molecule has 0 unspecified atom stereocenters. The third kappa shape index (κ3) is 7.23. The van der Waals surface area contributed by atoms with Crippen LogP contribution in [-0.2, 0) is 16.0 Å². The summed E-state index contributed by atoms with van der Waals surface area (Å²) in [5.74, 6) is 0.218. The third-order valence-corrected chi connectivity index (χ3v) is 4.50. The van der Waals surface area contributed by atoms with Gasteiger partial charge in [0.05, 0.1) is 13.1 Å². The lowest BCUT2D eigenvalue weighted by Gasteiger charge is -2.34. The van der Waals surface area contributed by atoms with Gasteiger partial charge in [0, 0.05) is 46.8 Å². The quantitative estimate of drug-likeness (QED) is 0.694. The molecule has 0 aromatic heterocycles. The number of carbonyl (C=O) groups excluding carboxylic acids is 2. The van der Waals surface area contributed by atoms with E-state index in [0.29, 0.717) is 19.6 Å². The number of benzene rings is 1. The van der Waals surface area contributed by atoms with Crippen LogP contribution in [0.3, 0.4) is 0 Å². The predicted molar refractivity (Wildman–Crippen MR) is 99.3 cm³/mol. The van der Waals surface area contributed by atoms with Gasteiger partial charge in [-0.25, -0.2) is 0 Å². The van der Waals surface area contributed by atoms with Gasteiger partial charge in [0.15, 0.2) is 0 Å². The van der Waals surface area contributed by atoms with Crippen molar-refractivity contribution >= 4 is 11.8 Å². The SMILES string of the molecule is CN(C)C(=O)CN1CCN(CC(=O)NCCCc2ccccc2)CC1. The highest BCUT2D eigenvalue weighted by Gasteiger charge is 2.20. The van der Waals surface area contributed by atoms with Gasteiger partial charge in [-0.05, 0) is 18.4 Å². The van der Waals surface area contributed by atoms with E-state index < -0.39 is 0 Å². The van der Waals surface area contributed by atoms with E-state index in [1.807, 2.05) is 18.2 Å². The van der Waals surface area contributed by atoms with Crippen LogP contribution in [0.2, 0.25) is 0 Å². The van der Waals surface area contributed by atoms with Gasteiger partial charge in [0.1, 0.15) is 0 Å². The number of rotatable bonds is 8. The Morgan fingerprint density at radius 3 is 2.20 bits per heavy atom. The van der Waals surface area contributed by atoms with Crippen LogP contribution in [0.15, 0.2) is 30.3 Å². The first kappa shape index (κ1) is 19.4. The molecule has 1 fully saturated rings. The van der Waals surface area contributed by atoms with Gasteiger partial charge in [-0.15, -0.1) is 0 Å². The molecule has 1 heterocycles. The zero-order valence-electron chi connectivity index (χ0n) is 15.4. The summed E-state index contributed by atoms with van der Waals surface area (Å²) >= 11 is 0. The van der Waals surface area contributed by atoms with E-state index in [1.165, 1.54) is 5.56 Å². The van der Waals surface area contributed by atoms with E-state index in [1.54, 1.807) is 19.0 Å². The van der Waals surface area contributed by atoms with E-state index >= 15 is 0 Å². The molecular formula is C19H30N4O2. The molecule has 6 nitrogen and oxygen atoms in total. The molecule has 0 saturated carbocycles. The largest absolute Gasteiger partial charge is 0.355 e. The number of piperazine rings is 1. The number of hydrogen-bond acceptors (Lipinski definition) is 4. The molecule has 1 aromatic rings. The summed E-state index contributed by atoms with van der Waals surface area (Å²) in [6.07, 6.45) is 1.94. The Kier molecular flexibility index (Phi) is 7.88. The number of nitrogens with one attached hydrogen (secondary N) is 1. The Morgan fingerprint density at radius 2 is 1.60 bits per heavy atom. The lowest BCUT2D eigenvalue weighted by molar-refractivity contribution is -0.130. The maximum atomic E-state index is 12.0. The molecule has 1 aliphatic heterocycles. The van der Waals surface area contributed by atoms with Crippen LogP contribution in [0, 0.1) is 0 Å². The van der Waals surface area contributed by atoms with Crippen LogP contribution in [0.4, 0.5) is 0 Å². The molecule has 1 N–H and O–H groups in total. The lowest BCUT2D eigenvalue weighted by Crippen LogP contribution is -2.51. The Hall–Kier alpha value is -1.92. The Bertz CT molecular complexity index is 540. The fourth-order valence-electron chi connectivity index (χ4n) is 2.86. The summed E-state index contributed by atoms with van der Waals surface area (Å²) in [5.41, 5.74) is 1.31. The molecule has 1 aromatic carbocycles. The van der Waals surface area contributed by atoms with Gasteiger partial charge in [0.2, 0.25) is 11.8 Å². The van der Waals surface area contributed by atoms with Gasteiger partial charge in [0.25, 0.3) is 0 Å². The second-order valence-electron chi connectivity index (χ2n) is 6.78. The normalized spacial score (nSPS) is 15.8. The molecule has 0 radical (unpaired) electrons. The smallest absolute Gasteiger partial charge is 0.236 e. The number of likely N-dealkylation sites (N-methyl/N-ethyl adjacent to an activating group) is 1. The maximum absolute atomic E-state index is 12.0. The molecule has 138 valence electrons.